The van der Waals surface area contributed by atoms with E-state index in [1.165, 1.54) is 7.11 Å². The molecule has 5 nitrogen and oxygen atoms in total. The van der Waals surface area contributed by atoms with E-state index in [1.54, 1.807) is 31.5 Å². The van der Waals surface area contributed by atoms with Crippen LogP contribution in [0, 0.1) is 3.57 Å². The first-order valence-electron chi connectivity index (χ1n) is 6.45. The molecule has 1 amide bonds. The van der Waals surface area contributed by atoms with E-state index in [4.69, 9.17) is 9.47 Å². The van der Waals surface area contributed by atoms with E-state index in [2.05, 4.69) is 33.1 Å². The third kappa shape index (κ3) is 4.20. The van der Waals surface area contributed by atoms with E-state index in [0.717, 1.165) is 9.13 Å². The van der Waals surface area contributed by atoms with Crippen LogP contribution in [0.3, 0.4) is 0 Å². The molecule has 0 spiro atoms. The van der Waals surface area contributed by atoms with Gasteiger partial charge in [-0.05, 0) is 52.4 Å². The van der Waals surface area contributed by atoms with Gasteiger partial charge in [-0.15, -0.1) is 0 Å². The van der Waals surface area contributed by atoms with Crippen LogP contribution >= 0.6 is 22.6 Å². The van der Waals surface area contributed by atoms with Crippen LogP contribution in [-0.4, -0.2) is 26.3 Å². The second kappa shape index (κ2) is 7.79. The Hall–Kier alpha value is -2.09. The lowest BCUT2D eigenvalue weighted by molar-refractivity contribution is 0.0952. The molecule has 0 atom stereocenters. The maximum atomic E-state index is 12.1. The fraction of sp³-hybridized carbons (Fsp3) is 0.125. The van der Waals surface area contributed by atoms with Crippen molar-refractivity contribution in [3.8, 4) is 11.5 Å². The number of ether oxygens (including phenoxy) is 2. The first-order chi connectivity index (χ1) is 10.6. The predicted molar refractivity (Wildman–Crippen MR) is 93.8 cm³/mol. The summed E-state index contributed by atoms with van der Waals surface area (Å²) in [5, 5.41) is 3.96. The minimum Gasteiger partial charge on any atom is -0.497 e. The molecule has 0 saturated carbocycles. The molecule has 2 rings (SSSR count). The van der Waals surface area contributed by atoms with Gasteiger partial charge in [0.25, 0.3) is 5.91 Å². The van der Waals surface area contributed by atoms with Crippen molar-refractivity contribution in [1.29, 1.82) is 0 Å². The molecule has 0 heterocycles. The lowest BCUT2D eigenvalue weighted by Gasteiger charge is -2.08. The maximum Gasteiger partial charge on any atom is 0.275 e. The van der Waals surface area contributed by atoms with Crippen molar-refractivity contribution < 1.29 is 14.3 Å². The number of carbonyl (C=O) groups excluding carboxylic acids is 1. The second-order valence-corrected chi connectivity index (χ2v) is 5.57. The fourth-order valence-corrected chi connectivity index (χ4v) is 2.37. The van der Waals surface area contributed by atoms with Gasteiger partial charge in [0.1, 0.15) is 11.5 Å². The molecule has 6 heteroatoms. The molecule has 0 aliphatic rings. The van der Waals surface area contributed by atoms with Gasteiger partial charge in [0.15, 0.2) is 0 Å². The van der Waals surface area contributed by atoms with Gasteiger partial charge in [-0.3, -0.25) is 4.79 Å². The second-order valence-electron chi connectivity index (χ2n) is 4.32. The molecule has 2 aromatic carbocycles. The summed E-state index contributed by atoms with van der Waals surface area (Å²) in [4.78, 5) is 12.1. The summed E-state index contributed by atoms with van der Waals surface area (Å²) in [6, 6.07) is 12.8. The van der Waals surface area contributed by atoms with Gasteiger partial charge < -0.3 is 9.47 Å². The van der Waals surface area contributed by atoms with Crippen LogP contribution in [0.15, 0.2) is 47.6 Å². The lowest BCUT2D eigenvalue weighted by Crippen LogP contribution is -2.18. The fourth-order valence-electron chi connectivity index (χ4n) is 1.80. The summed E-state index contributed by atoms with van der Waals surface area (Å²) in [7, 11) is 3.06. The van der Waals surface area contributed by atoms with E-state index >= 15 is 0 Å². The summed E-state index contributed by atoms with van der Waals surface area (Å²) in [5.74, 6) is 0.707. The van der Waals surface area contributed by atoms with Gasteiger partial charge in [0, 0.05) is 9.64 Å². The van der Waals surface area contributed by atoms with E-state index in [1.807, 2.05) is 24.3 Å². The van der Waals surface area contributed by atoms with Crippen molar-refractivity contribution in [3.05, 3.63) is 57.2 Å². The highest BCUT2D eigenvalue weighted by atomic mass is 127. The smallest absolute Gasteiger partial charge is 0.275 e. The minimum absolute atomic E-state index is 0.346. The molecule has 1 N–H and O–H groups in total. The largest absolute Gasteiger partial charge is 0.497 e. The summed E-state index contributed by atoms with van der Waals surface area (Å²) in [6.45, 7) is 0. The van der Waals surface area contributed by atoms with Crippen molar-refractivity contribution in [2.45, 2.75) is 0 Å². The van der Waals surface area contributed by atoms with E-state index < -0.39 is 0 Å². The summed E-state index contributed by atoms with van der Waals surface area (Å²) < 4.78 is 11.4. The number of amides is 1. The average molecular weight is 410 g/mol. The molecular formula is C16H15IN2O3. The normalized spacial score (nSPS) is 10.5. The predicted octanol–water partition coefficient (Wildman–Crippen LogP) is 3.07. The first kappa shape index (κ1) is 16.3. The van der Waals surface area contributed by atoms with Crippen molar-refractivity contribution in [3.63, 3.8) is 0 Å². The average Bonchev–Trinajstić information content (AvgIpc) is 2.54. The molecule has 114 valence electrons. The van der Waals surface area contributed by atoms with Crippen LogP contribution in [0.5, 0.6) is 11.5 Å². The van der Waals surface area contributed by atoms with Crippen LogP contribution < -0.4 is 14.9 Å². The number of hydrazone groups is 1. The summed E-state index contributed by atoms with van der Waals surface area (Å²) in [5.41, 5.74) is 3.79. The molecule has 0 saturated heterocycles. The Morgan fingerprint density at radius 1 is 1.18 bits per heavy atom. The molecule has 0 aliphatic heterocycles. The SMILES string of the molecule is COc1ccc(C(=O)N/N=C\c2cccc(I)c2)c(OC)c1. The lowest BCUT2D eigenvalue weighted by atomic mass is 10.2. The Kier molecular flexibility index (Phi) is 5.76. The number of nitrogens with zero attached hydrogens (tertiary/aromatic N) is 1. The first-order valence-corrected chi connectivity index (χ1v) is 7.53. The molecule has 2 aromatic rings. The Morgan fingerprint density at radius 3 is 2.68 bits per heavy atom. The topological polar surface area (TPSA) is 59.9 Å². The zero-order valence-electron chi connectivity index (χ0n) is 12.2. The van der Waals surface area contributed by atoms with Crippen LogP contribution in [0.4, 0.5) is 0 Å². The maximum absolute atomic E-state index is 12.1. The highest BCUT2D eigenvalue weighted by molar-refractivity contribution is 14.1. The van der Waals surface area contributed by atoms with Gasteiger partial charge in [-0.2, -0.15) is 5.10 Å². The van der Waals surface area contributed by atoms with Gasteiger partial charge in [0.2, 0.25) is 0 Å². The van der Waals surface area contributed by atoms with Crippen LogP contribution in [0.1, 0.15) is 15.9 Å². The van der Waals surface area contributed by atoms with Gasteiger partial charge in [-0.25, -0.2) is 5.43 Å². The molecule has 0 aromatic heterocycles. The molecule has 0 fully saturated rings. The number of halogens is 1. The van der Waals surface area contributed by atoms with Gasteiger partial charge in [0.05, 0.1) is 26.0 Å². The van der Waals surface area contributed by atoms with Gasteiger partial charge >= 0.3 is 0 Å². The van der Waals surface area contributed by atoms with E-state index in [-0.39, 0.29) is 5.91 Å². The third-order valence-corrected chi connectivity index (χ3v) is 3.55. The Bertz CT molecular complexity index is 702. The quantitative estimate of drug-likeness (QED) is 0.468. The third-order valence-electron chi connectivity index (χ3n) is 2.88. The van der Waals surface area contributed by atoms with Crippen LogP contribution in [0.2, 0.25) is 0 Å². The molecule has 0 radical (unpaired) electrons. The zero-order chi connectivity index (χ0) is 15.9. The highest BCUT2D eigenvalue weighted by Gasteiger charge is 2.12. The van der Waals surface area contributed by atoms with Crippen molar-refractivity contribution >= 4 is 34.7 Å². The number of benzene rings is 2. The van der Waals surface area contributed by atoms with Crippen molar-refractivity contribution in [2.24, 2.45) is 5.10 Å². The molecule has 22 heavy (non-hydrogen) atoms. The monoisotopic (exact) mass is 410 g/mol. The Labute approximate surface area is 142 Å². The highest BCUT2D eigenvalue weighted by Crippen LogP contribution is 2.24. The number of rotatable bonds is 5. The number of nitrogens with one attached hydrogen (secondary N) is 1. The van der Waals surface area contributed by atoms with Crippen molar-refractivity contribution in [2.75, 3.05) is 14.2 Å². The Morgan fingerprint density at radius 2 is 2.00 bits per heavy atom. The van der Waals surface area contributed by atoms with Crippen LogP contribution in [-0.2, 0) is 0 Å². The van der Waals surface area contributed by atoms with Gasteiger partial charge in [-0.1, -0.05) is 12.1 Å². The van der Waals surface area contributed by atoms with Crippen LogP contribution in [0.25, 0.3) is 0 Å². The van der Waals surface area contributed by atoms with E-state index in [0.29, 0.717) is 17.1 Å². The number of hydrogen-bond donors (Lipinski definition) is 1. The minimum atomic E-state index is -0.346. The van der Waals surface area contributed by atoms with Crippen molar-refractivity contribution in [1.82, 2.24) is 5.43 Å². The molecular weight excluding hydrogens is 395 g/mol. The zero-order valence-corrected chi connectivity index (χ0v) is 14.3. The standard InChI is InChI=1S/C16H15IN2O3/c1-21-13-6-7-14(15(9-13)22-2)16(20)19-18-10-11-4-3-5-12(17)8-11/h3-10H,1-2H3,(H,19,20)/b18-10-. The number of methoxy groups -OCH3 is 2. The molecule has 0 unspecified atom stereocenters. The summed E-state index contributed by atoms with van der Waals surface area (Å²) >= 11 is 2.22. The summed E-state index contributed by atoms with van der Waals surface area (Å²) in [6.07, 6.45) is 1.59. The molecule has 0 bridgehead atoms. The molecule has 0 aliphatic carbocycles. The number of carbonyl (C=O) groups is 1. The Balaban J connectivity index is 2.09. The number of hydrogen-bond acceptors (Lipinski definition) is 4. The van der Waals surface area contributed by atoms with E-state index in [9.17, 15) is 4.79 Å².